The predicted molar refractivity (Wildman–Crippen MR) is 47.3 cm³/mol. The van der Waals surface area contributed by atoms with Crippen LogP contribution < -0.4 is 0 Å². The molecule has 0 aromatic heterocycles. The Morgan fingerprint density at radius 1 is 1.77 bits per heavy atom. The smallest absolute Gasteiger partial charge is 0.323 e. The number of hydrogen-bond donors (Lipinski definition) is 1. The second kappa shape index (κ2) is 4.85. The van der Waals surface area contributed by atoms with Crippen molar-refractivity contribution >= 4 is 5.97 Å². The van der Waals surface area contributed by atoms with E-state index in [2.05, 4.69) is 11.8 Å². The number of carboxylic acids is 1. The van der Waals surface area contributed by atoms with Gasteiger partial charge in [-0.2, -0.15) is 0 Å². The Hall–Kier alpha value is -1.05. The van der Waals surface area contributed by atoms with Crippen molar-refractivity contribution in [1.29, 1.82) is 0 Å². The Kier molecular flexibility index (Phi) is 3.74. The standard InChI is InChI=1S/C9H13NO3/c1-2-3-4-10-5-6-13-7-8(10)9(11)12/h8H,4-7H2,1H3,(H,11,12). The number of carbonyl (C=O) groups is 1. The van der Waals surface area contributed by atoms with E-state index < -0.39 is 12.0 Å². The van der Waals surface area contributed by atoms with Crippen LogP contribution in [0, 0.1) is 11.8 Å². The molecule has 4 nitrogen and oxygen atoms in total. The number of ether oxygens (including phenoxy) is 1. The SMILES string of the molecule is CC#CCN1CCOCC1C(=O)O. The topological polar surface area (TPSA) is 49.8 Å². The van der Waals surface area contributed by atoms with Crippen molar-refractivity contribution in [3.05, 3.63) is 0 Å². The number of carboxylic acid groups (broad SMARTS) is 1. The minimum atomic E-state index is -0.836. The molecule has 13 heavy (non-hydrogen) atoms. The summed E-state index contributed by atoms with van der Waals surface area (Å²) in [7, 11) is 0. The summed E-state index contributed by atoms with van der Waals surface area (Å²) in [6.07, 6.45) is 0. The fourth-order valence-electron chi connectivity index (χ4n) is 1.24. The van der Waals surface area contributed by atoms with E-state index in [0.29, 0.717) is 19.7 Å². The first kappa shape index (κ1) is 10.0. The molecule has 0 aliphatic carbocycles. The van der Waals surface area contributed by atoms with Gasteiger partial charge in [-0.25, -0.2) is 0 Å². The van der Waals surface area contributed by atoms with Crippen molar-refractivity contribution in [2.45, 2.75) is 13.0 Å². The number of aliphatic carboxylic acids is 1. The molecule has 1 aliphatic rings. The highest BCUT2D eigenvalue weighted by Gasteiger charge is 2.28. The first-order chi connectivity index (χ1) is 6.25. The van der Waals surface area contributed by atoms with Crippen LogP contribution in [0.3, 0.4) is 0 Å². The molecule has 1 fully saturated rings. The lowest BCUT2D eigenvalue weighted by atomic mass is 10.2. The first-order valence-corrected chi connectivity index (χ1v) is 4.20. The van der Waals surface area contributed by atoms with Crippen LogP contribution in [0.4, 0.5) is 0 Å². The van der Waals surface area contributed by atoms with E-state index in [1.54, 1.807) is 6.92 Å². The maximum absolute atomic E-state index is 10.8. The van der Waals surface area contributed by atoms with E-state index in [-0.39, 0.29) is 6.61 Å². The average Bonchev–Trinajstić information content (AvgIpc) is 2.15. The van der Waals surface area contributed by atoms with Crippen molar-refractivity contribution < 1.29 is 14.6 Å². The fourth-order valence-corrected chi connectivity index (χ4v) is 1.24. The molecule has 4 heteroatoms. The summed E-state index contributed by atoms with van der Waals surface area (Å²) in [6, 6.07) is -0.533. The number of hydrogen-bond acceptors (Lipinski definition) is 3. The van der Waals surface area contributed by atoms with Gasteiger partial charge in [0.2, 0.25) is 0 Å². The molecule has 0 aromatic rings. The van der Waals surface area contributed by atoms with Crippen LogP contribution in [0.5, 0.6) is 0 Å². The third kappa shape index (κ3) is 2.72. The average molecular weight is 183 g/mol. The third-order valence-electron chi connectivity index (χ3n) is 1.98. The molecule has 0 aromatic carbocycles. The lowest BCUT2D eigenvalue weighted by molar-refractivity contribution is -0.148. The third-order valence-corrected chi connectivity index (χ3v) is 1.98. The molecule has 1 atom stereocenters. The summed E-state index contributed by atoms with van der Waals surface area (Å²) in [5, 5.41) is 8.84. The van der Waals surface area contributed by atoms with Crippen molar-refractivity contribution in [1.82, 2.24) is 4.90 Å². The van der Waals surface area contributed by atoms with Gasteiger partial charge in [0.15, 0.2) is 0 Å². The van der Waals surface area contributed by atoms with Crippen molar-refractivity contribution in [2.24, 2.45) is 0 Å². The van der Waals surface area contributed by atoms with Crippen LogP contribution in [0.25, 0.3) is 0 Å². The monoisotopic (exact) mass is 183 g/mol. The molecule has 1 heterocycles. The highest BCUT2D eigenvalue weighted by molar-refractivity contribution is 5.73. The van der Waals surface area contributed by atoms with Crippen LogP contribution in [0.2, 0.25) is 0 Å². The number of nitrogens with zero attached hydrogens (tertiary/aromatic N) is 1. The van der Waals surface area contributed by atoms with Gasteiger partial charge in [0.05, 0.1) is 19.8 Å². The van der Waals surface area contributed by atoms with E-state index in [4.69, 9.17) is 9.84 Å². The maximum atomic E-state index is 10.8. The molecule has 1 saturated heterocycles. The van der Waals surface area contributed by atoms with Crippen LogP contribution in [-0.4, -0.2) is 48.3 Å². The molecule has 72 valence electrons. The molecule has 0 spiro atoms. The van der Waals surface area contributed by atoms with Crippen molar-refractivity contribution in [3.8, 4) is 11.8 Å². The minimum absolute atomic E-state index is 0.265. The van der Waals surface area contributed by atoms with Crippen LogP contribution >= 0.6 is 0 Å². The van der Waals surface area contributed by atoms with Gasteiger partial charge < -0.3 is 9.84 Å². The van der Waals surface area contributed by atoms with Gasteiger partial charge in [-0.1, -0.05) is 5.92 Å². The summed E-state index contributed by atoms with van der Waals surface area (Å²) in [4.78, 5) is 12.6. The summed E-state index contributed by atoms with van der Waals surface area (Å²) in [5.74, 6) is 4.77. The molecule has 0 radical (unpaired) electrons. The van der Waals surface area contributed by atoms with Gasteiger partial charge in [0, 0.05) is 6.54 Å². The second-order valence-corrected chi connectivity index (χ2v) is 2.83. The zero-order valence-corrected chi connectivity index (χ0v) is 7.62. The summed E-state index contributed by atoms with van der Waals surface area (Å²) in [6.45, 7) is 3.76. The lowest BCUT2D eigenvalue weighted by Crippen LogP contribution is -2.49. The minimum Gasteiger partial charge on any atom is -0.480 e. The molecule has 1 aliphatic heterocycles. The summed E-state index contributed by atoms with van der Waals surface area (Å²) >= 11 is 0. The molecule has 1 rings (SSSR count). The highest BCUT2D eigenvalue weighted by Crippen LogP contribution is 2.05. The van der Waals surface area contributed by atoms with Gasteiger partial charge in [-0.15, -0.1) is 5.92 Å². The van der Waals surface area contributed by atoms with E-state index >= 15 is 0 Å². The maximum Gasteiger partial charge on any atom is 0.323 e. The molecular weight excluding hydrogens is 170 g/mol. The van der Waals surface area contributed by atoms with Gasteiger partial charge in [0.25, 0.3) is 0 Å². The zero-order valence-electron chi connectivity index (χ0n) is 7.62. The Morgan fingerprint density at radius 3 is 3.15 bits per heavy atom. The summed E-state index contributed by atoms with van der Waals surface area (Å²) < 4.78 is 5.08. The predicted octanol–water partition coefficient (Wildman–Crippen LogP) is -0.205. The van der Waals surface area contributed by atoms with Gasteiger partial charge in [0.1, 0.15) is 6.04 Å². The molecule has 0 saturated carbocycles. The zero-order chi connectivity index (χ0) is 9.68. The quantitative estimate of drug-likeness (QED) is 0.602. The lowest BCUT2D eigenvalue weighted by Gasteiger charge is -2.30. The fraction of sp³-hybridized carbons (Fsp3) is 0.667. The van der Waals surface area contributed by atoms with Gasteiger partial charge in [-0.05, 0) is 6.92 Å². The van der Waals surface area contributed by atoms with Crippen LogP contribution in [-0.2, 0) is 9.53 Å². The molecule has 0 bridgehead atoms. The van der Waals surface area contributed by atoms with Crippen LogP contribution in [0.1, 0.15) is 6.92 Å². The van der Waals surface area contributed by atoms with E-state index in [1.807, 2.05) is 4.90 Å². The van der Waals surface area contributed by atoms with Crippen molar-refractivity contribution in [2.75, 3.05) is 26.3 Å². The summed E-state index contributed by atoms with van der Waals surface area (Å²) in [5.41, 5.74) is 0. The normalized spacial score (nSPS) is 23.3. The second-order valence-electron chi connectivity index (χ2n) is 2.83. The Balaban J connectivity index is 2.54. The Morgan fingerprint density at radius 2 is 2.54 bits per heavy atom. The van der Waals surface area contributed by atoms with E-state index in [1.165, 1.54) is 0 Å². The van der Waals surface area contributed by atoms with E-state index in [0.717, 1.165) is 0 Å². The van der Waals surface area contributed by atoms with Crippen LogP contribution in [0.15, 0.2) is 0 Å². The molecular formula is C9H13NO3. The Bertz CT molecular complexity index is 241. The largest absolute Gasteiger partial charge is 0.480 e. The van der Waals surface area contributed by atoms with Crippen molar-refractivity contribution in [3.63, 3.8) is 0 Å². The highest BCUT2D eigenvalue weighted by atomic mass is 16.5. The molecule has 0 amide bonds. The Labute approximate surface area is 77.5 Å². The number of morpholine rings is 1. The van der Waals surface area contributed by atoms with Gasteiger partial charge >= 0.3 is 5.97 Å². The first-order valence-electron chi connectivity index (χ1n) is 4.20. The molecule has 1 unspecified atom stereocenters. The van der Waals surface area contributed by atoms with Gasteiger partial charge in [-0.3, -0.25) is 9.69 Å². The number of rotatable bonds is 2. The molecule has 1 N–H and O–H groups in total. The van der Waals surface area contributed by atoms with E-state index in [9.17, 15) is 4.79 Å².